The van der Waals surface area contributed by atoms with E-state index >= 15 is 0 Å². The van der Waals surface area contributed by atoms with Crippen LogP contribution in [-0.2, 0) is 67.2 Å². The number of phenolic OH excluding ortho intramolecular Hbond substituents is 1. The molecular formula is C54H76N14O11. The fourth-order valence-corrected chi connectivity index (χ4v) is 8.82. The van der Waals surface area contributed by atoms with E-state index in [1.54, 1.807) is 72.8 Å². The van der Waals surface area contributed by atoms with Gasteiger partial charge in [0.1, 0.15) is 48.0 Å². The normalized spacial score (nSPS) is 15.6. The molecule has 0 unspecified atom stereocenters. The number of carbonyl (C=O) groups is 10. The lowest BCUT2D eigenvalue weighted by atomic mass is 9.99. The molecule has 1 fully saturated rings. The minimum absolute atomic E-state index is 0.00426. The summed E-state index contributed by atoms with van der Waals surface area (Å²) in [7, 11) is 0. The highest BCUT2D eigenvalue weighted by atomic mass is 16.3. The van der Waals surface area contributed by atoms with Crippen LogP contribution in [0.25, 0.3) is 0 Å². The molecule has 1 saturated heterocycles. The molecule has 0 spiro atoms. The lowest BCUT2D eigenvalue weighted by molar-refractivity contribution is -0.143. The Morgan fingerprint density at radius 2 is 1.04 bits per heavy atom. The van der Waals surface area contributed by atoms with Crippen LogP contribution in [0.4, 0.5) is 0 Å². The van der Waals surface area contributed by atoms with Crippen LogP contribution in [0.5, 0.6) is 5.75 Å². The van der Waals surface area contributed by atoms with Gasteiger partial charge in [-0.05, 0) is 86.1 Å². The van der Waals surface area contributed by atoms with Crippen LogP contribution in [0, 0.1) is 5.92 Å². The molecule has 3 aromatic carbocycles. The minimum atomic E-state index is -1.51. The number of aromatic hydroxyl groups is 1. The van der Waals surface area contributed by atoms with E-state index in [9.17, 15) is 53.1 Å². The van der Waals surface area contributed by atoms with E-state index in [1.165, 1.54) is 17.0 Å². The Balaban J connectivity index is 1.56. The number of nitrogens with two attached hydrogens (primary N) is 6. The third-order valence-corrected chi connectivity index (χ3v) is 13.0. The number of guanidine groups is 1. The van der Waals surface area contributed by atoms with Crippen LogP contribution in [0.3, 0.4) is 0 Å². The quantitative estimate of drug-likeness (QED) is 0.0179. The van der Waals surface area contributed by atoms with E-state index < -0.39 is 114 Å². The van der Waals surface area contributed by atoms with Crippen LogP contribution < -0.4 is 66.3 Å². The molecule has 79 heavy (non-hydrogen) atoms. The number of hydrogen-bond donors (Lipinski definition) is 13. The van der Waals surface area contributed by atoms with Gasteiger partial charge in [-0.1, -0.05) is 86.6 Å². The number of rotatable bonds is 32. The average Bonchev–Trinajstić information content (AvgIpc) is 3.91. The number of primary amides is 3. The summed E-state index contributed by atoms with van der Waals surface area (Å²) < 4.78 is 0. The third-order valence-electron chi connectivity index (χ3n) is 13.0. The van der Waals surface area contributed by atoms with Crippen molar-refractivity contribution in [2.24, 2.45) is 45.3 Å². The SMILES string of the molecule is CC(C)C[C@H](NC(=O)[C@@H](N)Cc1ccc(O)cc1)C(=O)N[C@@H](Cc1ccccc1)C(=O)N[C@@H](CCC(N)=O)C(=O)N1CCC[C@@H]1C(=O)N[C@@H](CCC(N)=O)C(=O)N[C@@H](CCCN=C(N)N)C(=O)N[C@@H](Cc1ccccc1)C(N)=O. The molecule has 10 amide bonds. The molecule has 0 saturated carbocycles. The van der Waals surface area contributed by atoms with Gasteiger partial charge >= 0.3 is 0 Å². The van der Waals surface area contributed by atoms with Crippen LogP contribution >= 0.6 is 0 Å². The number of amides is 10. The topological polar surface area (TPSA) is 435 Å². The summed E-state index contributed by atoms with van der Waals surface area (Å²) in [6, 6.07) is 13.1. The van der Waals surface area contributed by atoms with E-state index in [-0.39, 0.29) is 101 Å². The molecule has 0 radical (unpaired) electrons. The smallest absolute Gasteiger partial charge is 0.245 e. The van der Waals surface area contributed by atoms with E-state index in [0.717, 1.165) is 0 Å². The van der Waals surface area contributed by atoms with Gasteiger partial charge in [-0.3, -0.25) is 52.9 Å². The Morgan fingerprint density at radius 1 is 0.570 bits per heavy atom. The number of aliphatic imine (C=N–C) groups is 1. The number of likely N-dealkylation sites (tertiary alicyclic amines) is 1. The second kappa shape index (κ2) is 31.6. The summed E-state index contributed by atoms with van der Waals surface area (Å²) in [4.78, 5) is 141. The summed E-state index contributed by atoms with van der Waals surface area (Å²) in [5.74, 6) is -8.33. The van der Waals surface area contributed by atoms with Crippen molar-refractivity contribution in [3.8, 4) is 5.75 Å². The predicted molar refractivity (Wildman–Crippen MR) is 292 cm³/mol. The van der Waals surface area contributed by atoms with Crippen molar-refractivity contribution in [3.63, 3.8) is 0 Å². The van der Waals surface area contributed by atoms with Crippen LogP contribution in [0.2, 0.25) is 0 Å². The Bertz CT molecular complexity index is 2600. The first kappa shape index (κ1) is 62.9. The molecule has 1 aliphatic rings. The second-order valence-electron chi connectivity index (χ2n) is 19.9. The molecule has 25 heteroatoms. The zero-order valence-corrected chi connectivity index (χ0v) is 44.6. The molecule has 19 N–H and O–H groups in total. The van der Waals surface area contributed by atoms with Crippen molar-refractivity contribution in [3.05, 3.63) is 102 Å². The van der Waals surface area contributed by atoms with Crippen molar-refractivity contribution in [1.82, 2.24) is 36.8 Å². The summed E-state index contributed by atoms with van der Waals surface area (Å²) in [6.07, 6.45) is -0.779. The molecule has 8 atom stereocenters. The largest absolute Gasteiger partial charge is 0.508 e. The third kappa shape index (κ3) is 21.7. The zero-order valence-electron chi connectivity index (χ0n) is 44.6. The van der Waals surface area contributed by atoms with E-state index in [1.807, 2.05) is 13.8 Å². The second-order valence-corrected chi connectivity index (χ2v) is 19.9. The van der Waals surface area contributed by atoms with Gasteiger partial charge in [0.05, 0.1) is 6.04 Å². The Labute approximate surface area is 458 Å². The molecule has 25 nitrogen and oxygen atoms in total. The maximum atomic E-state index is 14.6. The van der Waals surface area contributed by atoms with Crippen molar-refractivity contribution in [2.75, 3.05) is 13.1 Å². The van der Waals surface area contributed by atoms with Gasteiger partial charge in [-0.15, -0.1) is 0 Å². The van der Waals surface area contributed by atoms with Crippen LogP contribution in [-0.4, -0.2) is 136 Å². The number of phenols is 1. The van der Waals surface area contributed by atoms with Crippen molar-refractivity contribution in [2.45, 2.75) is 139 Å². The molecule has 428 valence electrons. The number of hydrogen-bond acceptors (Lipinski definition) is 13. The predicted octanol–water partition coefficient (Wildman–Crippen LogP) is -2.24. The minimum Gasteiger partial charge on any atom is -0.508 e. The lowest BCUT2D eigenvalue weighted by Gasteiger charge is -2.31. The maximum Gasteiger partial charge on any atom is 0.245 e. The fourth-order valence-electron chi connectivity index (χ4n) is 8.82. The van der Waals surface area contributed by atoms with Gasteiger partial charge in [0.15, 0.2) is 5.96 Å². The van der Waals surface area contributed by atoms with Crippen molar-refractivity contribution >= 4 is 65.0 Å². The number of nitrogens with zero attached hydrogens (tertiary/aromatic N) is 2. The molecule has 0 bridgehead atoms. The van der Waals surface area contributed by atoms with Gasteiger partial charge in [-0.25, -0.2) is 0 Å². The molecule has 0 aliphatic carbocycles. The Hall–Kier alpha value is -8.61. The molecule has 1 heterocycles. The van der Waals surface area contributed by atoms with E-state index in [0.29, 0.717) is 16.7 Å². The monoisotopic (exact) mass is 1100 g/mol. The van der Waals surface area contributed by atoms with Crippen LogP contribution in [0.15, 0.2) is 89.9 Å². The highest BCUT2D eigenvalue weighted by molar-refractivity contribution is 5.98. The summed E-state index contributed by atoms with van der Waals surface area (Å²) in [5, 5.41) is 25.6. The van der Waals surface area contributed by atoms with Gasteiger partial charge in [0.2, 0.25) is 59.1 Å². The van der Waals surface area contributed by atoms with E-state index in [2.05, 4.69) is 36.9 Å². The average molecular weight is 1100 g/mol. The van der Waals surface area contributed by atoms with Gasteiger partial charge in [0.25, 0.3) is 0 Å². The lowest BCUT2D eigenvalue weighted by Crippen LogP contribution is -2.60. The highest BCUT2D eigenvalue weighted by Crippen LogP contribution is 2.21. The molecular weight excluding hydrogens is 1020 g/mol. The summed E-state index contributed by atoms with van der Waals surface area (Å²) >= 11 is 0. The highest BCUT2D eigenvalue weighted by Gasteiger charge is 2.40. The fraction of sp³-hybridized carbons (Fsp3) is 0.463. The van der Waals surface area contributed by atoms with Crippen LogP contribution in [0.1, 0.15) is 88.3 Å². The molecule has 3 aromatic rings. The summed E-state index contributed by atoms with van der Waals surface area (Å²) in [5.41, 5.74) is 35.8. The molecule has 0 aromatic heterocycles. The molecule has 1 aliphatic heterocycles. The number of carbonyl (C=O) groups excluding carboxylic acids is 10. The van der Waals surface area contributed by atoms with Gasteiger partial charge < -0.3 is 76.3 Å². The Kier molecular flexibility index (Phi) is 25.1. The van der Waals surface area contributed by atoms with Gasteiger partial charge in [0, 0.05) is 38.8 Å². The first-order valence-electron chi connectivity index (χ1n) is 26.2. The first-order chi connectivity index (χ1) is 37.5. The van der Waals surface area contributed by atoms with Gasteiger partial charge in [-0.2, -0.15) is 0 Å². The van der Waals surface area contributed by atoms with Crippen molar-refractivity contribution in [1.29, 1.82) is 0 Å². The zero-order chi connectivity index (χ0) is 58.2. The number of nitrogens with one attached hydrogen (secondary N) is 6. The maximum absolute atomic E-state index is 14.6. The van der Waals surface area contributed by atoms with Crippen molar-refractivity contribution < 1.29 is 53.1 Å². The van der Waals surface area contributed by atoms with E-state index in [4.69, 9.17) is 34.4 Å². The Morgan fingerprint density at radius 3 is 1.58 bits per heavy atom. The number of benzene rings is 3. The first-order valence-corrected chi connectivity index (χ1v) is 26.2. The standard InChI is InChI=1S/C54H76N14O11/c1-31(2)27-41(66-47(73)36(55)28-34-17-19-35(69)20-18-34)50(76)67-42(30-33-13-7-4-8-14-33)51(77)64-39(22-24-45(57)71)53(79)68-26-10-16-43(68)52(78)63-38(21-23-44(56)70)49(75)62-37(15-9-25-61-54(59)60)48(74)65-40(46(58)72)29-32-11-5-3-6-12-32/h3-8,11-14,17-20,31,36-43,69H,9-10,15-16,21-30,55H2,1-2H3,(H2,56,70)(H2,57,71)(H2,58,72)(H,62,75)(H,63,78)(H,64,77)(H,65,74)(H,66,73)(H,67,76)(H4,59,60,61)/t36-,37-,38-,39-,40-,41-,42-,43+/m0/s1. The summed E-state index contributed by atoms with van der Waals surface area (Å²) in [6.45, 7) is 3.72. The molecule has 4 rings (SSSR count).